The summed E-state index contributed by atoms with van der Waals surface area (Å²) < 4.78 is 6.73. The average Bonchev–Trinajstić information content (AvgIpc) is 3.94. The Labute approximate surface area is 431 Å². The van der Waals surface area contributed by atoms with E-state index in [-0.39, 0.29) is 5.41 Å². The van der Waals surface area contributed by atoms with E-state index in [0.717, 1.165) is 56.1 Å². The van der Waals surface area contributed by atoms with Crippen molar-refractivity contribution in [1.29, 1.82) is 0 Å². The zero-order valence-corrected chi connectivity index (χ0v) is 41.2. The van der Waals surface area contributed by atoms with Crippen LogP contribution >= 0.6 is 0 Å². The molecule has 0 fully saturated rings. The molecular weight excluding hydrogens is 897 g/mol. The van der Waals surface area contributed by atoms with Gasteiger partial charge in [0.2, 0.25) is 0 Å². The van der Waals surface area contributed by atoms with E-state index in [9.17, 15) is 0 Å². The molecule has 0 aliphatic heterocycles. The Bertz CT molecular complexity index is 4190. The molecule has 0 unspecified atom stereocenters. The fraction of sp³-hybridized carbons (Fsp3) is 0.0423. The molecule has 12 aromatic carbocycles. The molecule has 74 heavy (non-hydrogen) atoms. The van der Waals surface area contributed by atoms with E-state index in [4.69, 9.17) is 4.42 Å². The Morgan fingerprint density at radius 2 is 0.838 bits per heavy atom. The van der Waals surface area contributed by atoms with Crippen LogP contribution in [0.1, 0.15) is 25.0 Å². The summed E-state index contributed by atoms with van der Waals surface area (Å²) in [5, 5.41) is 7.16. The van der Waals surface area contributed by atoms with Crippen molar-refractivity contribution in [2.24, 2.45) is 0 Å². The van der Waals surface area contributed by atoms with E-state index in [2.05, 4.69) is 285 Å². The van der Waals surface area contributed by atoms with Gasteiger partial charge in [-0.1, -0.05) is 220 Å². The minimum Gasteiger partial charge on any atom is -0.454 e. The highest BCUT2D eigenvalue weighted by molar-refractivity contribution is 6.24. The van der Waals surface area contributed by atoms with Crippen LogP contribution in [0.25, 0.3) is 88.0 Å². The van der Waals surface area contributed by atoms with Crippen molar-refractivity contribution < 1.29 is 4.42 Å². The zero-order chi connectivity index (χ0) is 49.3. The maximum atomic E-state index is 6.73. The fourth-order valence-electron chi connectivity index (χ4n) is 12.0. The second-order valence-electron chi connectivity index (χ2n) is 20.0. The smallest absolute Gasteiger partial charge is 0.159 e. The summed E-state index contributed by atoms with van der Waals surface area (Å²) in [6.45, 7) is 4.84. The van der Waals surface area contributed by atoms with Crippen molar-refractivity contribution in [1.82, 2.24) is 0 Å². The molecule has 0 N–H and O–H groups in total. The molecule has 350 valence electrons. The molecule has 1 aliphatic rings. The number of hydrogen-bond donors (Lipinski definition) is 0. The van der Waals surface area contributed by atoms with Crippen LogP contribution in [-0.2, 0) is 5.41 Å². The first-order chi connectivity index (χ1) is 36.5. The Morgan fingerprint density at radius 1 is 0.311 bits per heavy atom. The predicted octanol–water partition coefficient (Wildman–Crippen LogP) is 20.1. The topological polar surface area (TPSA) is 19.6 Å². The van der Waals surface area contributed by atoms with Crippen molar-refractivity contribution >= 4 is 77.6 Å². The molecule has 1 aromatic heterocycles. The van der Waals surface area contributed by atoms with Gasteiger partial charge in [-0.15, -0.1) is 0 Å². The van der Waals surface area contributed by atoms with Gasteiger partial charge < -0.3 is 14.2 Å². The summed E-state index contributed by atoms with van der Waals surface area (Å²) in [4.78, 5) is 4.85. The normalized spacial score (nSPS) is 12.6. The third-order valence-electron chi connectivity index (χ3n) is 15.4. The van der Waals surface area contributed by atoms with E-state index < -0.39 is 0 Å². The highest BCUT2D eigenvalue weighted by Gasteiger charge is 2.37. The van der Waals surface area contributed by atoms with Gasteiger partial charge in [-0.05, 0) is 127 Å². The van der Waals surface area contributed by atoms with Crippen LogP contribution in [0.4, 0.5) is 34.1 Å². The molecule has 3 nitrogen and oxygen atoms in total. The Hall–Kier alpha value is -9.44. The quantitative estimate of drug-likeness (QED) is 0.134. The van der Waals surface area contributed by atoms with Crippen LogP contribution in [0, 0.1) is 0 Å². The molecule has 13 aromatic rings. The van der Waals surface area contributed by atoms with Gasteiger partial charge in [-0.25, -0.2) is 0 Å². The number of benzene rings is 12. The number of furan rings is 1. The van der Waals surface area contributed by atoms with Gasteiger partial charge in [0.05, 0.1) is 17.1 Å². The second kappa shape index (κ2) is 17.4. The lowest BCUT2D eigenvalue weighted by atomic mass is 9.66. The molecule has 0 atom stereocenters. The Morgan fingerprint density at radius 3 is 1.53 bits per heavy atom. The number of anilines is 6. The van der Waals surface area contributed by atoms with E-state index in [1.54, 1.807) is 0 Å². The second-order valence-corrected chi connectivity index (χ2v) is 20.0. The Balaban J connectivity index is 1.02. The first-order valence-corrected chi connectivity index (χ1v) is 25.6. The monoisotopic (exact) mass is 946 g/mol. The number of nitrogens with zero attached hydrogens (tertiary/aromatic N) is 2. The largest absolute Gasteiger partial charge is 0.454 e. The molecule has 0 saturated heterocycles. The molecule has 1 heterocycles. The summed E-state index contributed by atoms with van der Waals surface area (Å²) >= 11 is 0. The van der Waals surface area contributed by atoms with Crippen molar-refractivity contribution in [3.05, 3.63) is 278 Å². The standard InChI is InChI=1S/C71H50N2O/c1-71(2)61-36-21-34-56-60-45-51(72(50-29-13-6-14-30-50)65-39-22-35-58-55-33-17-20-40-66(55)74-70(58)65)41-43-57(60)67(49-27-11-5-12-28-49)69(68(56)61)59-44-42-52(46-62(59)71)73(63-37-18-15-31-53(63)47-23-7-3-8-24-47)64-38-19-16-32-54(64)48-25-9-4-10-26-48/h3-46H,1-2H3. The molecule has 0 bridgehead atoms. The summed E-state index contributed by atoms with van der Waals surface area (Å²) in [5.41, 5.74) is 20.0. The maximum Gasteiger partial charge on any atom is 0.159 e. The fourth-order valence-corrected chi connectivity index (χ4v) is 12.0. The molecular formula is C71H50N2O. The molecule has 0 spiro atoms. The van der Waals surface area contributed by atoms with Crippen molar-refractivity contribution in [3.8, 4) is 44.5 Å². The van der Waals surface area contributed by atoms with Gasteiger partial charge in [-0.2, -0.15) is 0 Å². The minimum absolute atomic E-state index is 0.381. The lowest BCUT2D eigenvalue weighted by molar-refractivity contribution is 0.645. The number of rotatable bonds is 9. The minimum atomic E-state index is -0.381. The first-order valence-electron chi connectivity index (χ1n) is 25.6. The third kappa shape index (κ3) is 6.89. The lowest BCUT2D eigenvalue weighted by Gasteiger charge is -2.38. The maximum absolute atomic E-state index is 6.73. The van der Waals surface area contributed by atoms with Crippen LogP contribution in [0.2, 0.25) is 0 Å². The van der Waals surface area contributed by atoms with Crippen molar-refractivity contribution in [3.63, 3.8) is 0 Å². The summed E-state index contributed by atoms with van der Waals surface area (Å²) in [5.74, 6) is 0. The summed E-state index contributed by atoms with van der Waals surface area (Å²) in [6, 6.07) is 97.1. The van der Waals surface area contributed by atoms with Crippen molar-refractivity contribution in [2.45, 2.75) is 19.3 Å². The number of fused-ring (bicyclic) bond motifs is 7. The van der Waals surface area contributed by atoms with Crippen LogP contribution < -0.4 is 9.80 Å². The summed E-state index contributed by atoms with van der Waals surface area (Å²) in [7, 11) is 0. The highest BCUT2D eigenvalue weighted by Crippen LogP contribution is 2.57. The average molecular weight is 947 g/mol. The third-order valence-corrected chi connectivity index (χ3v) is 15.4. The summed E-state index contributed by atoms with van der Waals surface area (Å²) in [6.07, 6.45) is 0. The lowest BCUT2D eigenvalue weighted by Crippen LogP contribution is -2.25. The van der Waals surface area contributed by atoms with Gasteiger partial charge >= 0.3 is 0 Å². The molecule has 1 aliphatic carbocycles. The van der Waals surface area contributed by atoms with E-state index in [0.29, 0.717) is 0 Å². The highest BCUT2D eigenvalue weighted by atomic mass is 16.3. The Kier molecular flexibility index (Phi) is 10.2. The van der Waals surface area contributed by atoms with E-state index >= 15 is 0 Å². The molecule has 0 radical (unpaired) electrons. The van der Waals surface area contributed by atoms with Crippen LogP contribution in [0.15, 0.2) is 271 Å². The van der Waals surface area contributed by atoms with Crippen LogP contribution in [0.3, 0.4) is 0 Å². The van der Waals surface area contributed by atoms with Gasteiger partial charge in [-0.3, -0.25) is 0 Å². The SMILES string of the molecule is CC1(C)c2cc(N(c3ccccc3-c3ccccc3)c3ccccc3-c3ccccc3)ccc2-c2c(-c3ccccc3)c3ccc(N(c4ccccc4)c4cccc5c4oc4ccccc45)cc3c3cccc1c23. The van der Waals surface area contributed by atoms with E-state index in [1.807, 2.05) is 6.07 Å². The number of para-hydroxylation sites is 5. The molecule has 14 rings (SSSR count). The predicted molar refractivity (Wildman–Crippen MR) is 312 cm³/mol. The van der Waals surface area contributed by atoms with Gasteiger partial charge in [0.15, 0.2) is 5.58 Å². The van der Waals surface area contributed by atoms with Crippen molar-refractivity contribution in [2.75, 3.05) is 9.80 Å². The van der Waals surface area contributed by atoms with Gasteiger partial charge in [0.25, 0.3) is 0 Å². The molecule has 3 heteroatoms. The van der Waals surface area contributed by atoms with Gasteiger partial charge in [0.1, 0.15) is 5.58 Å². The van der Waals surface area contributed by atoms with Crippen LogP contribution in [0.5, 0.6) is 0 Å². The molecule has 0 amide bonds. The first kappa shape index (κ1) is 43.4. The zero-order valence-electron chi connectivity index (χ0n) is 41.2. The van der Waals surface area contributed by atoms with Crippen LogP contribution in [-0.4, -0.2) is 0 Å². The van der Waals surface area contributed by atoms with E-state index in [1.165, 1.54) is 77.2 Å². The molecule has 0 saturated carbocycles. The number of hydrogen-bond acceptors (Lipinski definition) is 3. The van der Waals surface area contributed by atoms with Gasteiger partial charge in [0, 0.05) is 44.4 Å².